The van der Waals surface area contributed by atoms with Gasteiger partial charge in [0.05, 0.1) is 48.3 Å². The highest BCUT2D eigenvalue weighted by Crippen LogP contribution is 2.15. The van der Waals surface area contributed by atoms with Crippen LogP contribution in [0.5, 0.6) is 23.0 Å². The Morgan fingerprint density at radius 3 is 1.03 bits per heavy atom. The van der Waals surface area contributed by atoms with Crippen LogP contribution < -0.4 is 24.3 Å². The summed E-state index contributed by atoms with van der Waals surface area (Å²) >= 11 is 10.8. The Morgan fingerprint density at radius 2 is 0.797 bits per heavy atom. The summed E-state index contributed by atoms with van der Waals surface area (Å²) in [6.07, 6.45) is 0. The third-order valence-corrected chi connectivity index (χ3v) is 9.27. The van der Waals surface area contributed by atoms with Gasteiger partial charge in [-0.25, -0.2) is 4.21 Å². The first-order chi connectivity index (χ1) is 32.8. The smallest absolute Gasteiger partial charge is 0.253 e. The molecule has 0 aliphatic heterocycles. The maximum absolute atomic E-state index is 12.1. The highest BCUT2D eigenvalue weighted by Gasteiger charge is 2.13. The highest BCUT2D eigenvalue weighted by molar-refractivity contribution is 8.26. The molecule has 0 aliphatic rings. The fraction of sp³-hybridized carbons (Fsp3) is 0.404. The van der Waals surface area contributed by atoms with Crippen LogP contribution in [0.2, 0.25) is 0 Å². The predicted octanol–water partition coefficient (Wildman–Crippen LogP) is 5.77. The van der Waals surface area contributed by atoms with Gasteiger partial charge in [0.1, 0.15) is 23.0 Å². The lowest BCUT2D eigenvalue weighted by molar-refractivity contribution is 0.0763. The molecular formula is C47H67Cl4N5O12S. The number of halogens is 4. The molecule has 3 amide bonds. The molecule has 22 heteroatoms. The molecule has 0 fully saturated rings. The first-order valence-corrected chi connectivity index (χ1v) is 24.5. The summed E-state index contributed by atoms with van der Waals surface area (Å²) in [5, 5.41) is 27.8. The number of ether oxygens (including phenoxy) is 4. The van der Waals surface area contributed by atoms with Gasteiger partial charge in [-0.15, -0.1) is 11.6 Å². The maximum atomic E-state index is 12.1. The van der Waals surface area contributed by atoms with E-state index in [0.717, 1.165) is 23.8 Å². The second-order valence-corrected chi connectivity index (χ2v) is 17.1. The monoisotopic (exact) mass is 1070 g/mol. The maximum Gasteiger partial charge on any atom is 0.253 e. The summed E-state index contributed by atoms with van der Waals surface area (Å²) < 4.78 is 29.0. The van der Waals surface area contributed by atoms with Crippen molar-refractivity contribution in [2.75, 3.05) is 129 Å². The van der Waals surface area contributed by atoms with Crippen molar-refractivity contribution >= 4 is 76.8 Å². The van der Waals surface area contributed by atoms with Crippen LogP contribution in [0.4, 0.5) is 0 Å². The van der Waals surface area contributed by atoms with Crippen molar-refractivity contribution in [1.29, 1.82) is 0 Å². The van der Waals surface area contributed by atoms with Crippen LogP contribution in [0.15, 0.2) is 97.1 Å². The average molecular weight is 1070 g/mol. The number of rotatable bonds is 19. The molecular weight excluding hydrogens is 1000 g/mol. The number of aliphatic hydroxyl groups is 3. The first-order valence-electron chi connectivity index (χ1n) is 20.8. The van der Waals surface area contributed by atoms with Gasteiger partial charge in [-0.3, -0.25) is 19.2 Å². The predicted molar refractivity (Wildman–Crippen MR) is 276 cm³/mol. The highest BCUT2D eigenvalue weighted by atomic mass is 36.0. The standard InChI is InChI=1S/C14H22N2O3.C11H14ClNO2.C11H15NO3.C8H7ClO2.C3H9NO.Cl2OS/c1-15(10-11-17)8-9-16(2)14(18)12-4-6-13(19-3)7-5-12;1-13(8-7-12)11(14)9-3-5-10(15-2)6-4-9;1-12(7-8-13)11(14)9-3-5-10(15-2)6-4-9;1-11-7-4-2-6(3-5-7)8(9)10;1-4-2-3-5;1-4(2)3/h4-7,17H,8-11H2,1-3H3;3-6H,7-8H2,1-2H3;3-6,13H,7-8H2,1-2H3;2-5H,1H3;4-5H,2-3H2,1H3;. The Bertz CT molecular complexity index is 1940. The van der Waals surface area contributed by atoms with E-state index in [2.05, 4.69) is 26.7 Å². The second kappa shape index (κ2) is 41.1. The number of likely N-dealkylation sites (N-methyl/N-ethyl adjacent to an activating group) is 4. The molecule has 4 rings (SSSR count). The molecule has 4 aromatic carbocycles. The van der Waals surface area contributed by atoms with Gasteiger partial charge < -0.3 is 59.2 Å². The van der Waals surface area contributed by atoms with E-state index in [-0.39, 0.29) is 37.5 Å². The SMILES string of the molecule is CNCCO.COc1ccc(C(=O)Cl)cc1.COc1ccc(C(=O)N(C)CCCl)cc1.COc1ccc(C(=O)N(C)CCN(C)CCO)cc1.COc1ccc(C(=O)N(C)CCO)cc1.O=S(Cl)Cl. The number of carbonyl (C=O) groups excluding carboxylic acids is 4. The number of hydrogen-bond donors (Lipinski definition) is 4. The van der Waals surface area contributed by atoms with E-state index in [1.165, 1.54) is 4.90 Å². The van der Waals surface area contributed by atoms with Gasteiger partial charge in [0, 0.05) is 110 Å². The second-order valence-electron chi connectivity index (χ2n) is 13.8. The van der Waals surface area contributed by atoms with E-state index in [4.69, 9.17) is 61.7 Å². The molecule has 0 saturated heterocycles. The lowest BCUT2D eigenvalue weighted by atomic mass is 10.2. The number of benzene rings is 4. The topological polar surface area (TPSA) is 208 Å². The van der Waals surface area contributed by atoms with Crippen LogP contribution in [-0.2, 0) is 9.23 Å². The minimum absolute atomic E-state index is 0.0138. The van der Waals surface area contributed by atoms with E-state index in [1.54, 1.807) is 163 Å². The van der Waals surface area contributed by atoms with Crippen molar-refractivity contribution in [1.82, 2.24) is 24.9 Å². The molecule has 0 atom stereocenters. The van der Waals surface area contributed by atoms with E-state index >= 15 is 0 Å². The van der Waals surface area contributed by atoms with Crippen molar-refractivity contribution in [2.45, 2.75) is 0 Å². The quantitative estimate of drug-likeness (QED) is 0.0650. The van der Waals surface area contributed by atoms with Crippen LogP contribution in [-0.4, -0.2) is 191 Å². The molecule has 0 aromatic heterocycles. The van der Waals surface area contributed by atoms with Gasteiger partial charge in [0.25, 0.3) is 23.0 Å². The third kappa shape index (κ3) is 31.2. The van der Waals surface area contributed by atoms with E-state index < -0.39 is 14.5 Å². The number of alkyl halides is 1. The molecule has 4 N–H and O–H groups in total. The Hall–Kier alpha value is -4.73. The van der Waals surface area contributed by atoms with Gasteiger partial charge in [0.2, 0.25) is 9.23 Å². The summed E-state index contributed by atoms with van der Waals surface area (Å²) in [6.45, 7) is 3.89. The third-order valence-electron chi connectivity index (χ3n) is 8.88. The molecule has 386 valence electrons. The van der Waals surface area contributed by atoms with Gasteiger partial charge in [-0.05, 0) is 123 Å². The number of amides is 3. The van der Waals surface area contributed by atoms with E-state index in [9.17, 15) is 19.2 Å². The zero-order valence-electron chi connectivity index (χ0n) is 40.5. The van der Waals surface area contributed by atoms with E-state index in [0.29, 0.717) is 66.6 Å². The Morgan fingerprint density at radius 1 is 0.507 bits per heavy atom. The van der Waals surface area contributed by atoms with Gasteiger partial charge in [0.15, 0.2) is 0 Å². The number of nitrogens with zero attached hydrogens (tertiary/aromatic N) is 4. The summed E-state index contributed by atoms with van der Waals surface area (Å²) in [7, 11) is 22.6. The number of carbonyl (C=O) groups is 4. The molecule has 0 saturated carbocycles. The van der Waals surface area contributed by atoms with Crippen molar-refractivity contribution in [3.8, 4) is 23.0 Å². The minimum atomic E-state index is -1.67. The number of methoxy groups -OCH3 is 4. The zero-order chi connectivity index (χ0) is 52.7. The lowest BCUT2D eigenvalue weighted by Gasteiger charge is -2.21. The van der Waals surface area contributed by atoms with Crippen LogP contribution in [0.3, 0.4) is 0 Å². The Balaban J connectivity index is 0. The fourth-order valence-corrected chi connectivity index (χ4v) is 5.26. The normalized spacial score (nSPS) is 9.77. The average Bonchev–Trinajstić information content (AvgIpc) is 3.36. The van der Waals surface area contributed by atoms with Crippen molar-refractivity contribution in [3.63, 3.8) is 0 Å². The largest absolute Gasteiger partial charge is 0.497 e. The number of aliphatic hydroxyl groups excluding tert-OH is 3. The summed E-state index contributed by atoms with van der Waals surface area (Å²) in [5.74, 6) is 3.21. The number of hydrogen-bond acceptors (Lipinski definition) is 14. The Kier molecular flexibility index (Phi) is 39.5. The van der Waals surface area contributed by atoms with Crippen molar-refractivity contribution in [2.24, 2.45) is 0 Å². The lowest BCUT2D eigenvalue weighted by Crippen LogP contribution is -2.35. The zero-order valence-corrected chi connectivity index (χ0v) is 44.4. The molecule has 69 heavy (non-hydrogen) atoms. The van der Waals surface area contributed by atoms with Gasteiger partial charge in [-0.1, -0.05) is 0 Å². The molecule has 0 aliphatic carbocycles. The van der Waals surface area contributed by atoms with Gasteiger partial charge in [-0.2, -0.15) is 0 Å². The van der Waals surface area contributed by atoms with Crippen molar-refractivity contribution < 1.29 is 57.7 Å². The molecule has 0 radical (unpaired) electrons. The van der Waals surface area contributed by atoms with Crippen LogP contribution in [0.25, 0.3) is 0 Å². The number of nitrogens with one attached hydrogen (secondary N) is 1. The summed E-state index contributed by atoms with van der Waals surface area (Å²) in [5.41, 5.74) is 2.36. The first kappa shape index (κ1) is 66.4. The molecule has 0 spiro atoms. The summed E-state index contributed by atoms with van der Waals surface area (Å²) in [4.78, 5) is 52.9. The fourth-order valence-electron chi connectivity index (χ4n) is 4.88. The van der Waals surface area contributed by atoms with Gasteiger partial charge >= 0.3 is 0 Å². The molecule has 4 aromatic rings. The van der Waals surface area contributed by atoms with Crippen LogP contribution in [0.1, 0.15) is 41.4 Å². The Labute approximate surface area is 428 Å². The molecule has 17 nitrogen and oxygen atoms in total. The minimum Gasteiger partial charge on any atom is -0.497 e. The molecule has 0 heterocycles. The molecule has 0 bridgehead atoms. The molecule has 0 unspecified atom stereocenters. The summed E-state index contributed by atoms with van der Waals surface area (Å²) in [6, 6.07) is 27.6. The van der Waals surface area contributed by atoms with Crippen LogP contribution in [0, 0.1) is 0 Å². The van der Waals surface area contributed by atoms with Crippen molar-refractivity contribution in [3.05, 3.63) is 119 Å². The van der Waals surface area contributed by atoms with Crippen LogP contribution >= 0.6 is 44.6 Å². The van der Waals surface area contributed by atoms with E-state index in [1.807, 2.05) is 11.9 Å².